The van der Waals surface area contributed by atoms with E-state index in [1.165, 1.54) is 0 Å². The Hall–Kier alpha value is -1.59. The Bertz CT molecular complexity index is 449. The zero-order valence-corrected chi connectivity index (χ0v) is 12.8. The summed E-state index contributed by atoms with van der Waals surface area (Å²) in [5.74, 6) is -0.0384. The Morgan fingerprint density at radius 3 is 2.80 bits per heavy atom. The van der Waals surface area contributed by atoms with Crippen LogP contribution in [-0.4, -0.2) is 43.7 Å². The quantitative estimate of drug-likeness (QED) is 0.748. The van der Waals surface area contributed by atoms with Crippen LogP contribution in [-0.2, 0) is 9.53 Å². The Morgan fingerprint density at radius 2 is 2.20 bits per heavy atom. The van der Waals surface area contributed by atoms with E-state index >= 15 is 0 Å². The second-order valence-electron chi connectivity index (χ2n) is 4.94. The van der Waals surface area contributed by atoms with E-state index in [9.17, 15) is 4.79 Å². The van der Waals surface area contributed by atoms with Crippen molar-refractivity contribution >= 4 is 17.3 Å². The number of methoxy groups -OCH3 is 1. The highest BCUT2D eigenvalue weighted by atomic mass is 16.5. The van der Waals surface area contributed by atoms with Gasteiger partial charge in [0.2, 0.25) is 5.91 Å². The Morgan fingerprint density at radius 1 is 1.50 bits per heavy atom. The van der Waals surface area contributed by atoms with E-state index in [2.05, 4.69) is 10.2 Å². The van der Waals surface area contributed by atoms with E-state index in [0.29, 0.717) is 18.8 Å². The molecular formula is C15H25N3O2. The Kier molecular flexibility index (Phi) is 6.48. The lowest BCUT2D eigenvalue weighted by molar-refractivity contribution is -0.118. The van der Waals surface area contributed by atoms with Gasteiger partial charge in [-0.05, 0) is 38.1 Å². The standard InChI is InChI=1S/C15H25N3O2/c1-5-18(11(2)10-20-4)9-15(19)17-14-8-6-7-13(16)12(14)3/h6-8,11H,5,9-10,16H2,1-4H3,(H,17,19). The Balaban J connectivity index is 2.64. The fourth-order valence-electron chi connectivity index (χ4n) is 2.09. The first-order chi connectivity index (χ1) is 9.49. The minimum Gasteiger partial charge on any atom is -0.398 e. The van der Waals surface area contributed by atoms with E-state index < -0.39 is 0 Å². The first-order valence-corrected chi connectivity index (χ1v) is 6.87. The van der Waals surface area contributed by atoms with Gasteiger partial charge in [-0.3, -0.25) is 9.69 Å². The maximum atomic E-state index is 12.1. The number of anilines is 2. The molecule has 1 aromatic carbocycles. The van der Waals surface area contributed by atoms with E-state index in [1.54, 1.807) is 7.11 Å². The highest BCUT2D eigenvalue weighted by molar-refractivity contribution is 5.93. The third kappa shape index (κ3) is 4.51. The molecule has 0 aliphatic heterocycles. The van der Waals surface area contributed by atoms with E-state index in [-0.39, 0.29) is 11.9 Å². The molecule has 1 amide bonds. The summed E-state index contributed by atoms with van der Waals surface area (Å²) in [5, 5.41) is 2.91. The summed E-state index contributed by atoms with van der Waals surface area (Å²) >= 11 is 0. The lowest BCUT2D eigenvalue weighted by atomic mass is 10.1. The first-order valence-electron chi connectivity index (χ1n) is 6.87. The summed E-state index contributed by atoms with van der Waals surface area (Å²) in [5.41, 5.74) is 8.18. The zero-order valence-electron chi connectivity index (χ0n) is 12.8. The van der Waals surface area contributed by atoms with Gasteiger partial charge in [-0.25, -0.2) is 0 Å². The van der Waals surface area contributed by atoms with Crippen molar-refractivity contribution in [2.45, 2.75) is 26.8 Å². The van der Waals surface area contributed by atoms with Crippen LogP contribution < -0.4 is 11.1 Å². The van der Waals surface area contributed by atoms with Crippen LogP contribution in [0.15, 0.2) is 18.2 Å². The molecule has 1 atom stereocenters. The summed E-state index contributed by atoms with van der Waals surface area (Å²) in [6.45, 7) is 7.73. The molecule has 0 fully saturated rings. The molecule has 5 nitrogen and oxygen atoms in total. The maximum Gasteiger partial charge on any atom is 0.238 e. The summed E-state index contributed by atoms with van der Waals surface area (Å²) in [7, 11) is 1.67. The topological polar surface area (TPSA) is 67.6 Å². The molecule has 0 saturated carbocycles. The minimum atomic E-state index is -0.0384. The van der Waals surface area contributed by atoms with Gasteiger partial charge < -0.3 is 15.8 Å². The minimum absolute atomic E-state index is 0.0384. The molecule has 0 radical (unpaired) electrons. The molecule has 1 aromatic rings. The number of rotatable bonds is 7. The molecule has 112 valence electrons. The van der Waals surface area contributed by atoms with Crippen molar-refractivity contribution in [1.29, 1.82) is 0 Å². The lowest BCUT2D eigenvalue weighted by Crippen LogP contribution is -2.41. The van der Waals surface area contributed by atoms with Gasteiger partial charge in [-0.2, -0.15) is 0 Å². The van der Waals surface area contributed by atoms with Gasteiger partial charge in [0, 0.05) is 24.5 Å². The second kappa shape index (κ2) is 7.87. The van der Waals surface area contributed by atoms with Gasteiger partial charge >= 0.3 is 0 Å². The smallest absolute Gasteiger partial charge is 0.238 e. The molecule has 0 aromatic heterocycles. The fourth-order valence-corrected chi connectivity index (χ4v) is 2.09. The van der Waals surface area contributed by atoms with Crippen molar-refractivity contribution in [1.82, 2.24) is 4.90 Å². The molecule has 0 aliphatic carbocycles. The lowest BCUT2D eigenvalue weighted by Gasteiger charge is -2.26. The molecule has 0 bridgehead atoms. The van der Waals surface area contributed by atoms with Crippen LogP contribution >= 0.6 is 0 Å². The molecule has 0 spiro atoms. The maximum absolute atomic E-state index is 12.1. The number of hydrogen-bond acceptors (Lipinski definition) is 4. The van der Waals surface area contributed by atoms with Crippen molar-refractivity contribution in [2.75, 3.05) is 37.9 Å². The number of nitrogen functional groups attached to an aromatic ring is 1. The van der Waals surface area contributed by atoms with Crippen LogP contribution in [0, 0.1) is 6.92 Å². The molecule has 1 unspecified atom stereocenters. The van der Waals surface area contributed by atoms with Gasteiger partial charge in [0.25, 0.3) is 0 Å². The van der Waals surface area contributed by atoms with Crippen LogP contribution in [0.3, 0.4) is 0 Å². The number of carbonyl (C=O) groups is 1. The first kappa shape index (κ1) is 16.5. The van der Waals surface area contributed by atoms with Crippen LogP contribution in [0.1, 0.15) is 19.4 Å². The van der Waals surface area contributed by atoms with Crippen molar-refractivity contribution in [2.24, 2.45) is 0 Å². The number of likely N-dealkylation sites (N-methyl/N-ethyl adjacent to an activating group) is 1. The molecule has 1 rings (SSSR count). The molecular weight excluding hydrogens is 254 g/mol. The van der Waals surface area contributed by atoms with Crippen LogP contribution in [0.2, 0.25) is 0 Å². The number of benzene rings is 1. The van der Waals surface area contributed by atoms with Gasteiger partial charge in [0.15, 0.2) is 0 Å². The van der Waals surface area contributed by atoms with E-state index in [4.69, 9.17) is 10.5 Å². The average Bonchev–Trinajstić information content (AvgIpc) is 2.41. The van der Waals surface area contributed by atoms with Crippen LogP contribution in [0.4, 0.5) is 11.4 Å². The third-order valence-electron chi connectivity index (χ3n) is 3.43. The van der Waals surface area contributed by atoms with Crippen molar-refractivity contribution < 1.29 is 9.53 Å². The number of nitrogens with zero attached hydrogens (tertiary/aromatic N) is 1. The fraction of sp³-hybridized carbons (Fsp3) is 0.533. The summed E-state index contributed by atoms with van der Waals surface area (Å²) in [6.07, 6.45) is 0. The van der Waals surface area contributed by atoms with E-state index in [0.717, 1.165) is 17.8 Å². The van der Waals surface area contributed by atoms with Gasteiger partial charge in [-0.1, -0.05) is 13.0 Å². The van der Waals surface area contributed by atoms with Crippen LogP contribution in [0.5, 0.6) is 0 Å². The van der Waals surface area contributed by atoms with Gasteiger partial charge in [-0.15, -0.1) is 0 Å². The number of carbonyl (C=O) groups excluding carboxylic acids is 1. The van der Waals surface area contributed by atoms with Crippen LogP contribution in [0.25, 0.3) is 0 Å². The summed E-state index contributed by atoms with van der Waals surface area (Å²) < 4.78 is 5.13. The highest BCUT2D eigenvalue weighted by Crippen LogP contribution is 2.20. The molecule has 0 aliphatic rings. The molecule has 0 saturated heterocycles. The summed E-state index contributed by atoms with van der Waals surface area (Å²) in [4.78, 5) is 14.2. The number of nitrogens with two attached hydrogens (primary N) is 1. The van der Waals surface area contributed by atoms with E-state index in [1.807, 2.05) is 39.0 Å². The molecule has 0 heterocycles. The summed E-state index contributed by atoms with van der Waals surface area (Å²) in [6, 6.07) is 5.73. The van der Waals surface area contributed by atoms with Crippen molar-refractivity contribution in [3.05, 3.63) is 23.8 Å². The van der Waals surface area contributed by atoms with Crippen molar-refractivity contribution in [3.8, 4) is 0 Å². The monoisotopic (exact) mass is 279 g/mol. The SMILES string of the molecule is CCN(CC(=O)Nc1cccc(N)c1C)C(C)COC. The largest absolute Gasteiger partial charge is 0.398 e. The highest BCUT2D eigenvalue weighted by Gasteiger charge is 2.16. The molecule has 5 heteroatoms. The predicted molar refractivity (Wildman–Crippen MR) is 82.8 cm³/mol. The number of nitrogens with one attached hydrogen (secondary N) is 1. The average molecular weight is 279 g/mol. The van der Waals surface area contributed by atoms with Gasteiger partial charge in [0.1, 0.15) is 0 Å². The second-order valence-corrected chi connectivity index (χ2v) is 4.94. The zero-order chi connectivity index (χ0) is 15.1. The predicted octanol–water partition coefficient (Wildman–Crippen LogP) is 1.87. The normalized spacial score (nSPS) is 12.4. The van der Waals surface area contributed by atoms with Crippen molar-refractivity contribution in [3.63, 3.8) is 0 Å². The van der Waals surface area contributed by atoms with Gasteiger partial charge in [0.05, 0.1) is 13.2 Å². The molecule has 20 heavy (non-hydrogen) atoms. The number of ether oxygens (including phenoxy) is 1. The molecule has 3 N–H and O–H groups in total. The number of amides is 1. The Labute approximate surface area is 121 Å². The number of hydrogen-bond donors (Lipinski definition) is 2. The third-order valence-corrected chi connectivity index (χ3v) is 3.43.